The molecule has 0 aliphatic carbocycles. The van der Waals surface area contributed by atoms with Crippen molar-refractivity contribution in [1.82, 2.24) is 5.01 Å². The van der Waals surface area contributed by atoms with Crippen LogP contribution >= 0.6 is 0 Å². The standard InChI is InChI=1S/C24H23N3O3/c1-26(2)22-14-12-20(13-15-22)23(28)27(17-19-6-4-3-5-7-19)25-16-18-8-10-21(11-9-18)24(29)30/h3-16H,17H2,1-2H3,(H,29,30). The highest BCUT2D eigenvalue weighted by Gasteiger charge is 2.16. The van der Waals surface area contributed by atoms with E-state index in [1.54, 1.807) is 30.5 Å². The van der Waals surface area contributed by atoms with Gasteiger partial charge in [0.05, 0.1) is 18.3 Å². The van der Waals surface area contributed by atoms with E-state index in [0.29, 0.717) is 17.7 Å². The third kappa shape index (κ3) is 5.32. The monoisotopic (exact) mass is 401 g/mol. The molecule has 0 saturated heterocycles. The largest absolute Gasteiger partial charge is 0.478 e. The SMILES string of the molecule is CN(C)c1ccc(C(=O)N(Cc2ccccc2)N=Cc2ccc(C(=O)O)cc2)cc1. The number of anilines is 1. The summed E-state index contributed by atoms with van der Waals surface area (Å²) in [7, 11) is 3.89. The minimum absolute atomic E-state index is 0.199. The first-order chi connectivity index (χ1) is 14.4. The van der Waals surface area contributed by atoms with Gasteiger partial charge in [-0.25, -0.2) is 9.80 Å². The van der Waals surface area contributed by atoms with Crippen LogP contribution in [0, 0.1) is 0 Å². The fourth-order valence-electron chi connectivity index (χ4n) is 2.82. The quantitative estimate of drug-likeness (QED) is 0.477. The number of benzene rings is 3. The van der Waals surface area contributed by atoms with Crippen LogP contribution in [0.25, 0.3) is 0 Å². The minimum Gasteiger partial charge on any atom is -0.478 e. The Labute approximate surface area is 175 Å². The number of rotatable bonds is 7. The van der Waals surface area contributed by atoms with E-state index in [4.69, 9.17) is 5.11 Å². The zero-order chi connectivity index (χ0) is 21.5. The second-order valence-electron chi connectivity index (χ2n) is 6.96. The fourth-order valence-corrected chi connectivity index (χ4v) is 2.82. The molecule has 152 valence electrons. The van der Waals surface area contributed by atoms with Gasteiger partial charge in [0.2, 0.25) is 0 Å². The van der Waals surface area contributed by atoms with Gasteiger partial charge in [0.25, 0.3) is 5.91 Å². The van der Waals surface area contributed by atoms with Gasteiger partial charge in [0, 0.05) is 25.3 Å². The molecular formula is C24H23N3O3. The smallest absolute Gasteiger partial charge is 0.335 e. The van der Waals surface area contributed by atoms with E-state index in [-0.39, 0.29) is 11.5 Å². The maximum Gasteiger partial charge on any atom is 0.335 e. The first-order valence-electron chi connectivity index (χ1n) is 9.44. The van der Waals surface area contributed by atoms with Crippen LogP contribution in [-0.4, -0.2) is 42.3 Å². The lowest BCUT2D eigenvalue weighted by atomic mass is 10.1. The average molecular weight is 401 g/mol. The van der Waals surface area contributed by atoms with E-state index in [9.17, 15) is 9.59 Å². The molecule has 1 amide bonds. The molecule has 0 bridgehead atoms. The summed E-state index contributed by atoms with van der Waals surface area (Å²) in [4.78, 5) is 26.1. The zero-order valence-electron chi connectivity index (χ0n) is 16.9. The van der Waals surface area contributed by atoms with Gasteiger partial charge in [-0.05, 0) is 47.5 Å². The van der Waals surface area contributed by atoms with Crippen molar-refractivity contribution in [1.29, 1.82) is 0 Å². The number of hydrogen-bond acceptors (Lipinski definition) is 4. The van der Waals surface area contributed by atoms with Crippen LogP contribution in [0.1, 0.15) is 31.8 Å². The van der Waals surface area contributed by atoms with Gasteiger partial charge in [0.1, 0.15) is 0 Å². The van der Waals surface area contributed by atoms with E-state index in [1.807, 2.05) is 61.5 Å². The summed E-state index contributed by atoms with van der Waals surface area (Å²) in [6.45, 7) is 0.318. The molecule has 6 nitrogen and oxygen atoms in total. The molecule has 0 radical (unpaired) electrons. The fraction of sp³-hybridized carbons (Fsp3) is 0.125. The van der Waals surface area contributed by atoms with Crippen molar-refractivity contribution in [2.75, 3.05) is 19.0 Å². The molecule has 3 rings (SSSR count). The molecule has 1 N–H and O–H groups in total. The van der Waals surface area contributed by atoms with Crippen molar-refractivity contribution in [2.24, 2.45) is 5.10 Å². The molecule has 0 aromatic heterocycles. The van der Waals surface area contributed by atoms with Gasteiger partial charge in [-0.1, -0.05) is 42.5 Å². The minimum atomic E-state index is -0.986. The van der Waals surface area contributed by atoms with Crippen LogP contribution in [0.5, 0.6) is 0 Å². The summed E-state index contributed by atoms with van der Waals surface area (Å²) in [5.41, 5.74) is 3.39. The summed E-state index contributed by atoms with van der Waals surface area (Å²) >= 11 is 0. The Balaban J connectivity index is 1.85. The van der Waals surface area contributed by atoms with Gasteiger partial charge in [-0.3, -0.25) is 4.79 Å². The van der Waals surface area contributed by atoms with Gasteiger partial charge < -0.3 is 10.0 Å². The Morgan fingerprint density at radius 1 is 0.867 bits per heavy atom. The molecule has 0 atom stereocenters. The van der Waals surface area contributed by atoms with E-state index in [1.165, 1.54) is 17.1 Å². The lowest BCUT2D eigenvalue weighted by Crippen LogP contribution is -2.25. The molecule has 3 aromatic rings. The topological polar surface area (TPSA) is 73.2 Å². The van der Waals surface area contributed by atoms with Crippen molar-refractivity contribution in [2.45, 2.75) is 6.54 Å². The van der Waals surface area contributed by atoms with Crippen LogP contribution in [0.2, 0.25) is 0 Å². The molecular weight excluding hydrogens is 378 g/mol. The molecule has 0 unspecified atom stereocenters. The summed E-state index contributed by atoms with van der Waals surface area (Å²) < 4.78 is 0. The van der Waals surface area contributed by atoms with Crippen molar-refractivity contribution in [3.8, 4) is 0 Å². The van der Waals surface area contributed by atoms with E-state index < -0.39 is 5.97 Å². The molecule has 0 spiro atoms. The third-order valence-corrected chi connectivity index (χ3v) is 4.54. The summed E-state index contributed by atoms with van der Waals surface area (Å²) in [5, 5.41) is 14.8. The summed E-state index contributed by atoms with van der Waals surface area (Å²) in [6, 6.07) is 23.3. The maximum absolute atomic E-state index is 13.1. The molecule has 30 heavy (non-hydrogen) atoms. The molecule has 6 heteroatoms. The molecule has 0 heterocycles. The Morgan fingerprint density at radius 3 is 2.03 bits per heavy atom. The summed E-state index contributed by atoms with van der Waals surface area (Å²) in [5.74, 6) is -1.21. The predicted molar refractivity (Wildman–Crippen MR) is 118 cm³/mol. The van der Waals surface area contributed by atoms with Crippen molar-refractivity contribution in [3.05, 3.63) is 101 Å². The zero-order valence-corrected chi connectivity index (χ0v) is 16.9. The number of carboxylic acids is 1. The lowest BCUT2D eigenvalue weighted by molar-refractivity contribution is 0.0695. The summed E-state index contributed by atoms with van der Waals surface area (Å²) in [6.07, 6.45) is 1.56. The molecule has 0 fully saturated rings. The number of hydrogen-bond donors (Lipinski definition) is 1. The molecule has 3 aromatic carbocycles. The number of carboxylic acid groups (broad SMARTS) is 1. The molecule has 0 aliphatic heterocycles. The highest BCUT2D eigenvalue weighted by Crippen LogP contribution is 2.16. The third-order valence-electron chi connectivity index (χ3n) is 4.54. The van der Waals surface area contributed by atoms with Crippen molar-refractivity contribution < 1.29 is 14.7 Å². The Morgan fingerprint density at radius 2 is 1.47 bits per heavy atom. The van der Waals surface area contributed by atoms with E-state index in [2.05, 4.69) is 5.10 Å². The van der Waals surface area contributed by atoms with Crippen LogP contribution < -0.4 is 4.90 Å². The molecule has 0 aliphatic rings. The Bertz CT molecular complexity index is 1030. The number of aromatic carboxylic acids is 1. The van der Waals surface area contributed by atoms with Crippen LogP contribution in [0.3, 0.4) is 0 Å². The normalized spacial score (nSPS) is 10.7. The Hall–Kier alpha value is -3.93. The number of hydrazone groups is 1. The van der Waals surface area contributed by atoms with Crippen LogP contribution in [0.15, 0.2) is 84.0 Å². The van der Waals surface area contributed by atoms with Crippen LogP contribution in [0.4, 0.5) is 5.69 Å². The Kier molecular flexibility index (Phi) is 6.60. The second kappa shape index (κ2) is 9.52. The highest BCUT2D eigenvalue weighted by atomic mass is 16.4. The number of carbonyl (C=O) groups excluding carboxylic acids is 1. The van der Waals surface area contributed by atoms with Crippen LogP contribution in [-0.2, 0) is 6.54 Å². The second-order valence-corrected chi connectivity index (χ2v) is 6.96. The first kappa shape index (κ1) is 20.8. The first-order valence-corrected chi connectivity index (χ1v) is 9.44. The van der Waals surface area contributed by atoms with Gasteiger partial charge >= 0.3 is 5.97 Å². The number of amides is 1. The van der Waals surface area contributed by atoms with Crippen molar-refractivity contribution >= 4 is 23.8 Å². The van der Waals surface area contributed by atoms with Crippen molar-refractivity contribution in [3.63, 3.8) is 0 Å². The van der Waals surface area contributed by atoms with E-state index >= 15 is 0 Å². The van der Waals surface area contributed by atoms with Gasteiger partial charge in [-0.15, -0.1) is 0 Å². The van der Waals surface area contributed by atoms with Gasteiger partial charge in [0.15, 0.2) is 0 Å². The molecule has 0 saturated carbocycles. The van der Waals surface area contributed by atoms with Gasteiger partial charge in [-0.2, -0.15) is 5.10 Å². The van der Waals surface area contributed by atoms with E-state index in [0.717, 1.165) is 11.3 Å². The maximum atomic E-state index is 13.1. The number of nitrogens with zero attached hydrogens (tertiary/aromatic N) is 3. The predicted octanol–water partition coefficient (Wildman–Crippen LogP) is 4.13. The number of carbonyl (C=O) groups is 2. The lowest BCUT2D eigenvalue weighted by Gasteiger charge is -2.18. The average Bonchev–Trinajstić information content (AvgIpc) is 2.77. The highest BCUT2D eigenvalue weighted by molar-refractivity contribution is 5.95.